The van der Waals surface area contributed by atoms with Gasteiger partial charge in [0.25, 0.3) is 11.6 Å². The van der Waals surface area contributed by atoms with Gasteiger partial charge in [-0.1, -0.05) is 18.2 Å². The van der Waals surface area contributed by atoms with Gasteiger partial charge in [-0.25, -0.2) is 0 Å². The van der Waals surface area contributed by atoms with E-state index in [0.717, 1.165) is 6.08 Å². The number of amides is 1. The maximum atomic E-state index is 13.5. The van der Waals surface area contributed by atoms with Gasteiger partial charge in [-0.15, -0.1) is 0 Å². The number of furan rings is 1. The van der Waals surface area contributed by atoms with Crippen LogP contribution in [0.15, 0.2) is 81.8 Å². The molecule has 0 N–H and O–H groups in total. The third kappa shape index (κ3) is 3.95. The number of non-ortho nitro benzene ring substituents is 1. The van der Waals surface area contributed by atoms with Crippen LogP contribution in [0.3, 0.4) is 0 Å². The molecule has 0 atom stereocenters. The average Bonchev–Trinajstić information content (AvgIpc) is 3.34. The minimum atomic E-state index is -4.85. The van der Waals surface area contributed by atoms with Gasteiger partial charge < -0.3 is 4.42 Å². The molecule has 1 amide bonds. The van der Waals surface area contributed by atoms with E-state index in [-0.39, 0.29) is 22.9 Å². The van der Waals surface area contributed by atoms with Crippen LogP contribution < -0.4 is 5.01 Å². The number of benzene rings is 2. The highest BCUT2D eigenvalue weighted by molar-refractivity contribution is 6.34. The molecule has 7 nitrogen and oxygen atoms in total. The van der Waals surface area contributed by atoms with Gasteiger partial charge in [0.15, 0.2) is 5.71 Å². The number of alkyl halides is 3. The molecule has 0 spiro atoms. The highest BCUT2D eigenvalue weighted by Gasteiger charge is 2.47. The molecule has 1 aromatic heterocycles. The molecule has 2 aromatic carbocycles. The van der Waals surface area contributed by atoms with Crippen LogP contribution in [-0.2, 0) is 4.79 Å². The standard InChI is InChI=1S/C21H12F3N3O4/c22-21(23,24)19-17(20(28)26(25-19)14-4-2-1-3-5-14)12-16-10-11-18(31-16)13-6-8-15(9-7-13)27(29)30/h1-12H/b17-12-. The first kappa shape index (κ1) is 20.1. The van der Waals surface area contributed by atoms with Crippen molar-refractivity contribution in [1.82, 2.24) is 0 Å². The number of nitro groups is 1. The van der Waals surface area contributed by atoms with E-state index in [2.05, 4.69) is 5.10 Å². The molecule has 2 heterocycles. The molecule has 0 saturated heterocycles. The van der Waals surface area contributed by atoms with Gasteiger partial charge in [0, 0.05) is 17.7 Å². The van der Waals surface area contributed by atoms with Gasteiger partial charge in [0.1, 0.15) is 11.5 Å². The molecule has 0 aliphatic carbocycles. The quantitative estimate of drug-likeness (QED) is 0.325. The summed E-state index contributed by atoms with van der Waals surface area (Å²) in [6, 6.07) is 16.1. The monoisotopic (exact) mass is 427 g/mol. The Morgan fingerprint density at radius 3 is 2.29 bits per heavy atom. The third-order valence-electron chi connectivity index (χ3n) is 4.42. The van der Waals surface area contributed by atoms with Crippen molar-refractivity contribution in [2.75, 3.05) is 5.01 Å². The van der Waals surface area contributed by atoms with Crippen molar-refractivity contribution in [2.24, 2.45) is 5.10 Å². The number of para-hydroxylation sites is 1. The lowest BCUT2D eigenvalue weighted by molar-refractivity contribution is -0.384. The highest BCUT2D eigenvalue weighted by atomic mass is 19.4. The number of hydrogen-bond acceptors (Lipinski definition) is 5. The molecule has 0 fully saturated rings. The molecule has 0 bridgehead atoms. The van der Waals surface area contributed by atoms with Crippen molar-refractivity contribution >= 4 is 29.1 Å². The van der Waals surface area contributed by atoms with Crippen molar-refractivity contribution in [3.63, 3.8) is 0 Å². The Kier molecular flexibility index (Phi) is 4.90. The number of nitrogens with zero attached hydrogens (tertiary/aromatic N) is 3. The van der Waals surface area contributed by atoms with Gasteiger partial charge in [-0.3, -0.25) is 14.9 Å². The first-order valence-electron chi connectivity index (χ1n) is 8.86. The van der Waals surface area contributed by atoms with Gasteiger partial charge in [0.05, 0.1) is 16.2 Å². The number of carbonyl (C=O) groups excluding carboxylic acids is 1. The van der Waals surface area contributed by atoms with Crippen LogP contribution in [0.5, 0.6) is 0 Å². The smallest absolute Gasteiger partial charge is 0.435 e. The molecular formula is C21H12F3N3O4. The average molecular weight is 427 g/mol. The number of rotatable bonds is 4. The second-order valence-corrected chi connectivity index (χ2v) is 6.46. The minimum absolute atomic E-state index is 0.00330. The molecule has 1 aliphatic rings. The summed E-state index contributed by atoms with van der Waals surface area (Å²) in [4.78, 5) is 22.9. The number of nitro benzene ring substituents is 1. The first-order valence-corrected chi connectivity index (χ1v) is 8.86. The van der Waals surface area contributed by atoms with E-state index in [9.17, 15) is 28.1 Å². The maximum Gasteiger partial charge on any atom is 0.435 e. The van der Waals surface area contributed by atoms with Crippen molar-refractivity contribution in [2.45, 2.75) is 6.18 Å². The molecule has 0 unspecified atom stereocenters. The fourth-order valence-corrected chi connectivity index (χ4v) is 2.97. The molecule has 31 heavy (non-hydrogen) atoms. The van der Waals surface area contributed by atoms with E-state index < -0.39 is 28.3 Å². The number of hydrazone groups is 1. The second kappa shape index (κ2) is 7.56. The van der Waals surface area contributed by atoms with Crippen LogP contribution in [0.4, 0.5) is 24.5 Å². The summed E-state index contributed by atoms with van der Waals surface area (Å²) in [7, 11) is 0. The van der Waals surface area contributed by atoms with Gasteiger partial charge >= 0.3 is 6.18 Å². The Labute approximate surface area is 172 Å². The lowest BCUT2D eigenvalue weighted by Gasteiger charge is -2.10. The van der Waals surface area contributed by atoms with E-state index in [1.807, 2.05) is 0 Å². The van der Waals surface area contributed by atoms with Gasteiger partial charge in [0.2, 0.25) is 0 Å². The molecule has 3 aromatic rings. The zero-order chi connectivity index (χ0) is 22.2. The minimum Gasteiger partial charge on any atom is -0.457 e. The number of anilines is 1. The lowest BCUT2D eigenvalue weighted by atomic mass is 10.1. The molecule has 156 valence electrons. The van der Waals surface area contributed by atoms with Crippen LogP contribution in [-0.4, -0.2) is 22.7 Å². The largest absolute Gasteiger partial charge is 0.457 e. The Bertz CT molecular complexity index is 1210. The Balaban J connectivity index is 1.68. The zero-order valence-electron chi connectivity index (χ0n) is 15.5. The predicted molar refractivity (Wildman–Crippen MR) is 106 cm³/mol. The van der Waals surface area contributed by atoms with Gasteiger partial charge in [-0.05, 0) is 42.5 Å². The van der Waals surface area contributed by atoms with Crippen LogP contribution in [0, 0.1) is 10.1 Å². The summed E-state index contributed by atoms with van der Waals surface area (Å²) >= 11 is 0. The van der Waals surface area contributed by atoms with E-state index in [0.29, 0.717) is 10.6 Å². The zero-order valence-corrected chi connectivity index (χ0v) is 15.5. The number of hydrogen-bond donors (Lipinski definition) is 0. The first-order chi connectivity index (χ1) is 14.7. The van der Waals surface area contributed by atoms with Crippen molar-refractivity contribution in [3.05, 3.63) is 88.2 Å². The summed E-state index contributed by atoms with van der Waals surface area (Å²) in [5.41, 5.74) is -1.40. The molecule has 10 heteroatoms. The SMILES string of the molecule is O=C1/C(=C\c2ccc(-c3ccc([N+](=O)[O-])cc3)o2)C(C(F)(F)F)=NN1c1ccccc1. The van der Waals surface area contributed by atoms with Crippen molar-refractivity contribution in [1.29, 1.82) is 0 Å². The summed E-state index contributed by atoms with van der Waals surface area (Å²) in [5, 5.41) is 14.9. The van der Waals surface area contributed by atoms with Crippen LogP contribution in [0.2, 0.25) is 0 Å². The second-order valence-electron chi connectivity index (χ2n) is 6.46. The molecule has 1 aliphatic heterocycles. The summed E-state index contributed by atoms with van der Waals surface area (Å²) in [6.07, 6.45) is -3.87. The Morgan fingerprint density at radius 1 is 1.00 bits per heavy atom. The Hall–Kier alpha value is -4.21. The lowest BCUT2D eigenvalue weighted by Crippen LogP contribution is -2.25. The molecule has 0 radical (unpaired) electrons. The van der Waals surface area contributed by atoms with Gasteiger partial charge in [-0.2, -0.15) is 23.3 Å². The van der Waals surface area contributed by atoms with E-state index >= 15 is 0 Å². The summed E-state index contributed by atoms with van der Waals surface area (Å²) in [6.45, 7) is 0. The summed E-state index contributed by atoms with van der Waals surface area (Å²) < 4.78 is 46.1. The summed E-state index contributed by atoms with van der Waals surface area (Å²) in [5.74, 6) is -0.659. The topological polar surface area (TPSA) is 88.9 Å². The van der Waals surface area contributed by atoms with E-state index in [1.54, 1.807) is 18.2 Å². The van der Waals surface area contributed by atoms with Crippen molar-refractivity contribution in [3.8, 4) is 11.3 Å². The third-order valence-corrected chi connectivity index (χ3v) is 4.42. The van der Waals surface area contributed by atoms with Crippen molar-refractivity contribution < 1.29 is 27.3 Å². The van der Waals surface area contributed by atoms with E-state index in [4.69, 9.17) is 4.42 Å². The molecular weight excluding hydrogens is 415 g/mol. The molecule has 0 saturated carbocycles. The fraction of sp³-hybridized carbons (Fsp3) is 0.0476. The van der Waals surface area contributed by atoms with Crippen LogP contribution in [0.1, 0.15) is 5.76 Å². The number of halogens is 3. The normalized spacial score (nSPS) is 15.5. The van der Waals surface area contributed by atoms with E-state index in [1.165, 1.54) is 48.5 Å². The molecule has 4 rings (SSSR count). The Morgan fingerprint density at radius 2 is 1.68 bits per heavy atom. The van der Waals surface area contributed by atoms with Crippen LogP contribution in [0.25, 0.3) is 17.4 Å². The highest BCUT2D eigenvalue weighted by Crippen LogP contribution is 2.33. The maximum absolute atomic E-state index is 13.5. The number of carbonyl (C=O) groups is 1. The van der Waals surface area contributed by atoms with Crippen LogP contribution >= 0.6 is 0 Å². The fourth-order valence-electron chi connectivity index (χ4n) is 2.97. The predicted octanol–water partition coefficient (Wildman–Crippen LogP) is 5.20.